The van der Waals surface area contributed by atoms with E-state index in [-0.39, 0.29) is 6.10 Å². The lowest BCUT2D eigenvalue weighted by Crippen LogP contribution is -2.38. The van der Waals surface area contributed by atoms with Crippen LogP contribution in [0.4, 0.5) is 19.0 Å². The van der Waals surface area contributed by atoms with E-state index in [1.807, 2.05) is 22.4 Å². The summed E-state index contributed by atoms with van der Waals surface area (Å²) in [6.45, 7) is 1.52. The van der Waals surface area contributed by atoms with Gasteiger partial charge in [-0.25, -0.2) is 4.98 Å². The summed E-state index contributed by atoms with van der Waals surface area (Å²) in [4.78, 5) is 6.64. The minimum absolute atomic E-state index is 0.116. The van der Waals surface area contributed by atoms with Gasteiger partial charge in [0.05, 0.1) is 13.2 Å². The average Bonchev–Trinajstić information content (AvgIpc) is 3.01. The Morgan fingerprint density at radius 1 is 1.24 bits per heavy atom. The van der Waals surface area contributed by atoms with E-state index in [0.29, 0.717) is 25.5 Å². The van der Waals surface area contributed by atoms with Crippen LogP contribution in [0.15, 0.2) is 35.7 Å². The van der Waals surface area contributed by atoms with Crippen LogP contribution in [0, 0.1) is 0 Å². The van der Waals surface area contributed by atoms with Gasteiger partial charge in [0, 0.05) is 11.4 Å². The molecule has 0 bridgehead atoms. The van der Waals surface area contributed by atoms with Crippen molar-refractivity contribution in [3.63, 3.8) is 0 Å². The predicted octanol–water partition coefficient (Wildman–Crippen LogP) is 3.74. The van der Waals surface area contributed by atoms with Crippen LogP contribution in [0.1, 0.15) is 16.7 Å². The molecule has 0 N–H and O–H groups in total. The van der Waals surface area contributed by atoms with Gasteiger partial charge in [0.1, 0.15) is 17.6 Å². The van der Waals surface area contributed by atoms with Gasteiger partial charge >= 0.3 is 6.18 Å². The molecule has 1 atom stereocenters. The summed E-state index contributed by atoms with van der Waals surface area (Å²) in [5, 5.41) is 1.96. The fraction of sp³-hybridized carbons (Fsp3) is 0.357. The smallest absolute Gasteiger partial charge is 0.369 e. The Balaban J connectivity index is 1.80. The Hall–Kier alpha value is -1.60. The summed E-state index contributed by atoms with van der Waals surface area (Å²) in [6, 6.07) is 7.89. The molecule has 3 rings (SSSR count). The molecule has 1 unspecified atom stereocenters. The molecule has 0 aliphatic carbocycles. The molecular formula is C14H13F3N2OS. The number of rotatable bonds is 2. The molecule has 2 aromatic rings. The van der Waals surface area contributed by atoms with Gasteiger partial charge in [-0.05, 0) is 23.6 Å². The molecule has 3 nitrogen and oxygen atoms in total. The average molecular weight is 314 g/mol. The standard InChI is InChI=1S/C14H13F3N2OS/c15-14(16,17)12-4-1-5-13(18-12)19-6-7-20-10(9-19)11-3-2-8-21-11/h1-5,8,10H,6-7,9H2. The van der Waals surface area contributed by atoms with Crippen LogP contribution >= 0.6 is 11.3 Å². The lowest BCUT2D eigenvalue weighted by molar-refractivity contribution is -0.141. The van der Waals surface area contributed by atoms with E-state index >= 15 is 0 Å². The zero-order chi connectivity index (χ0) is 14.9. The molecule has 0 spiro atoms. The van der Waals surface area contributed by atoms with E-state index < -0.39 is 11.9 Å². The molecule has 1 aliphatic heterocycles. The van der Waals surface area contributed by atoms with Crippen LogP contribution in [0.3, 0.4) is 0 Å². The largest absolute Gasteiger partial charge is 0.433 e. The lowest BCUT2D eigenvalue weighted by atomic mass is 10.2. The monoisotopic (exact) mass is 314 g/mol. The van der Waals surface area contributed by atoms with Gasteiger partial charge in [-0.1, -0.05) is 12.1 Å². The van der Waals surface area contributed by atoms with E-state index in [2.05, 4.69) is 4.98 Å². The number of anilines is 1. The van der Waals surface area contributed by atoms with E-state index in [1.165, 1.54) is 6.07 Å². The third-order valence-corrected chi connectivity index (χ3v) is 4.24. The molecule has 1 fully saturated rings. The van der Waals surface area contributed by atoms with Crippen molar-refractivity contribution in [2.24, 2.45) is 0 Å². The Morgan fingerprint density at radius 3 is 2.81 bits per heavy atom. The van der Waals surface area contributed by atoms with Crippen molar-refractivity contribution in [1.82, 2.24) is 4.98 Å². The second-order valence-corrected chi connectivity index (χ2v) is 5.68. The molecule has 2 aromatic heterocycles. The van der Waals surface area contributed by atoms with Gasteiger partial charge in [0.2, 0.25) is 0 Å². The van der Waals surface area contributed by atoms with E-state index in [9.17, 15) is 13.2 Å². The van der Waals surface area contributed by atoms with Gasteiger partial charge in [0.15, 0.2) is 0 Å². The Bertz CT molecular complexity index is 601. The number of morpholine rings is 1. The van der Waals surface area contributed by atoms with Gasteiger partial charge in [-0.15, -0.1) is 11.3 Å². The SMILES string of the molecule is FC(F)(F)c1cccc(N2CCOC(c3cccs3)C2)n1. The number of hydrogen-bond acceptors (Lipinski definition) is 4. The van der Waals surface area contributed by atoms with Crippen molar-refractivity contribution in [3.05, 3.63) is 46.3 Å². The van der Waals surface area contributed by atoms with Crippen LogP contribution in [-0.2, 0) is 10.9 Å². The molecule has 0 radical (unpaired) electrons. The van der Waals surface area contributed by atoms with Gasteiger partial charge in [-0.2, -0.15) is 13.2 Å². The highest BCUT2D eigenvalue weighted by molar-refractivity contribution is 7.10. The second kappa shape index (κ2) is 5.65. The van der Waals surface area contributed by atoms with Crippen LogP contribution in [-0.4, -0.2) is 24.7 Å². The first-order valence-electron chi connectivity index (χ1n) is 6.48. The molecular weight excluding hydrogens is 301 g/mol. The maximum atomic E-state index is 12.7. The number of thiophene rings is 1. The fourth-order valence-electron chi connectivity index (χ4n) is 2.26. The second-order valence-electron chi connectivity index (χ2n) is 4.70. The first-order chi connectivity index (χ1) is 10.0. The van der Waals surface area contributed by atoms with Gasteiger partial charge < -0.3 is 9.64 Å². The first kappa shape index (κ1) is 14.3. The van der Waals surface area contributed by atoms with Crippen molar-refractivity contribution in [2.75, 3.05) is 24.6 Å². The van der Waals surface area contributed by atoms with Crippen LogP contribution < -0.4 is 4.90 Å². The minimum atomic E-state index is -4.42. The van der Waals surface area contributed by atoms with Crippen molar-refractivity contribution in [2.45, 2.75) is 12.3 Å². The molecule has 0 aromatic carbocycles. The number of pyridine rings is 1. The maximum Gasteiger partial charge on any atom is 0.433 e. The molecule has 1 saturated heterocycles. The first-order valence-corrected chi connectivity index (χ1v) is 7.36. The third kappa shape index (κ3) is 3.19. The number of alkyl halides is 3. The van der Waals surface area contributed by atoms with Crippen molar-refractivity contribution in [3.8, 4) is 0 Å². The molecule has 1 aliphatic rings. The number of aromatic nitrogens is 1. The summed E-state index contributed by atoms with van der Waals surface area (Å²) < 4.78 is 43.9. The highest BCUT2D eigenvalue weighted by Crippen LogP contribution is 2.31. The summed E-state index contributed by atoms with van der Waals surface area (Å²) in [7, 11) is 0. The Kier molecular flexibility index (Phi) is 3.86. The molecule has 21 heavy (non-hydrogen) atoms. The highest BCUT2D eigenvalue weighted by Gasteiger charge is 2.33. The molecule has 0 amide bonds. The summed E-state index contributed by atoms with van der Waals surface area (Å²) in [6.07, 6.45) is -4.54. The minimum Gasteiger partial charge on any atom is -0.369 e. The maximum absolute atomic E-state index is 12.7. The molecule has 0 saturated carbocycles. The topological polar surface area (TPSA) is 25.4 Å². The van der Waals surface area contributed by atoms with E-state index in [1.54, 1.807) is 17.4 Å². The highest BCUT2D eigenvalue weighted by atomic mass is 32.1. The quantitative estimate of drug-likeness (QED) is 0.844. The summed E-state index contributed by atoms with van der Waals surface area (Å²) in [5.41, 5.74) is -0.862. The fourth-order valence-corrected chi connectivity index (χ4v) is 3.03. The Morgan fingerprint density at radius 2 is 2.10 bits per heavy atom. The molecule has 112 valence electrons. The van der Waals surface area contributed by atoms with Crippen LogP contribution in [0.5, 0.6) is 0 Å². The van der Waals surface area contributed by atoms with Crippen LogP contribution in [0.25, 0.3) is 0 Å². The zero-order valence-corrected chi connectivity index (χ0v) is 11.8. The van der Waals surface area contributed by atoms with Gasteiger partial charge in [0.25, 0.3) is 0 Å². The number of ether oxygens (including phenoxy) is 1. The van der Waals surface area contributed by atoms with E-state index in [4.69, 9.17) is 4.74 Å². The molecule has 3 heterocycles. The van der Waals surface area contributed by atoms with Crippen LogP contribution in [0.2, 0.25) is 0 Å². The number of halogens is 3. The lowest BCUT2D eigenvalue weighted by Gasteiger charge is -2.33. The number of nitrogens with zero attached hydrogens (tertiary/aromatic N) is 2. The molecule has 7 heteroatoms. The third-order valence-electron chi connectivity index (χ3n) is 3.28. The summed E-state index contributed by atoms with van der Waals surface area (Å²) in [5.74, 6) is 0.342. The van der Waals surface area contributed by atoms with Crippen molar-refractivity contribution < 1.29 is 17.9 Å². The normalized spacial score (nSPS) is 19.8. The van der Waals surface area contributed by atoms with Crippen molar-refractivity contribution >= 4 is 17.2 Å². The predicted molar refractivity (Wildman–Crippen MR) is 74.5 cm³/mol. The van der Waals surface area contributed by atoms with E-state index in [0.717, 1.165) is 10.9 Å². The van der Waals surface area contributed by atoms with Crippen molar-refractivity contribution in [1.29, 1.82) is 0 Å². The zero-order valence-electron chi connectivity index (χ0n) is 11.0. The summed E-state index contributed by atoms with van der Waals surface area (Å²) >= 11 is 1.58. The van der Waals surface area contributed by atoms with Gasteiger partial charge in [-0.3, -0.25) is 0 Å². The number of hydrogen-bond donors (Lipinski definition) is 0. The Labute approximate surface area is 124 Å².